The van der Waals surface area contributed by atoms with Crippen molar-refractivity contribution >= 4 is 30.9 Å². The zero-order valence-electron chi connectivity index (χ0n) is 20.1. The normalized spacial score (nSPS) is 23.4. The third kappa shape index (κ3) is 3.51. The maximum absolute atomic E-state index is 11.6. The van der Waals surface area contributed by atoms with E-state index in [0.29, 0.717) is 5.69 Å². The minimum Gasteiger partial charge on any atom is -0.478 e. The number of hydrogen-bond donors (Lipinski definition) is 1. The molecule has 0 spiro atoms. The maximum Gasteiger partial charge on any atom is 0.335 e. The fraction of sp³-hybridized carbons (Fsp3) is 0.360. The Hall–Kier alpha value is -2.89. The van der Waals surface area contributed by atoms with Gasteiger partial charge in [-0.1, -0.05) is 52.0 Å². The number of carbonyl (C=O) groups is 1. The molecular weight excluding hydrogens is 433 g/mol. The highest BCUT2D eigenvalue weighted by Crippen LogP contribution is 2.69. The first-order chi connectivity index (χ1) is 15.7. The molecule has 0 saturated carbocycles. The number of likely N-dealkylation sites (N-methyl/N-ethyl adjacent to an activating group) is 1. The van der Waals surface area contributed by atoms with Crippen molar-refractivity contribution in [1.29, 1.82) is 0 Å². The summed E-state index contributed by atoms with van der Waals surface area (Å²) in [5.41, 5.74) is 4.32. The van der Waals surface area contributed by atoms with Gasteiger partial charge in [0.15, 0.2) is 7.36 Å². The number of benzene rings is 2. The van der Waals surface area contributed by atoms with Crippen LogP contribution in [0.4, 0.5) is 11.4 Å². The number of anilines is 1. The SMILES string of the molecule is CCN(CC)P1(=Nc2cccc(C(=O)O)c2)C(=C2N(C)c3ccccc3C2(C)C)C=NN1C. The number of rotatable bonds is 5. The Kier molecular flexibility index (Phi) is 5.97. The van der Waals surface area contributed by atoms with Crippen LogP contribution in [0.25, 0.3) is 0 Å². The molecule has 0 amide bonds. The molecule has 0 saturated heterocycles. The van der Waals surface area contributed by atoms with Gasteiger partial charge in [0.2, 0.25) is 0 Å². The number of nitrogens with zero attached hydrogens (tertiary/aromatic N) is 5. The van der Waals surface area contributed by atoms with E-state index in [2.05, 4.69) is 68.6 Å². The van der Waals surface area contributed by atoms with Crippen molar-refractivity contribution < 1.29 is 9.90 Å². The molecule has 1 unspecified atom stereocenters. The van der Waals surface area contributed by atoms with Crippen molar-refractivity contribution in [2.75, 3.05) is 32.1 Å². The average Bonchev–Trinajstić information content (AvgIpc) is 3.20. The van der Waals surface area contributed by atoms with Gasteiger partial charge in [-0.05, 0) is 29.8 Å². The van der Waals surface area contributed by atoms with Crippen LogP contribution >= 0.6 is 7.36 Å². The fourth-order valence-electron chi connectivity index (χ4n) is 5.10. The highest BCUT2D eigenvalue weighted by Gasteiger charge is 2.47. The molecule has 8 heteroatoms. The molecule has 7 nitrogen and oxygen atoms in total. The van der Waals surface area contributed by atoms with Crippen molar-refractivity contribution in [1.82, 2.24) is 9.45 Å². The first-order valence-electron chi connectivity index (χ1n) is 11.3. The third-order valence-corrected chi connectivity index (χ3v) is 10.4. The summed E-state index contributed by atoms with van der Waals surface area (Å²) in [5, 5.41) is 15.4. The van der Waals surface area contributed by atoms with Crippen molar-refractivity contribution in [2.24, 2.45) is 9.85 Å². The number of allylic oxidation sites excluding steroid dienone is 2. The predicted octanol–water partition coefficient (Wildman–Crippen LogP) is 5.96. The standard InChI is InChI=1S/C25H32N5O2P/c1-7-30(8-2)33(27-19-13-11-12-18(16-19)24(31)32)22(17-26-29(33)6)23-25(3,4)20-14-9-10-15-21(20)28(23)5/h9-17H,7-8H2,1-6H3,(H,31,32). The topological polar surface area (TPSA) is 71.7 Å². The van der Waals surface area contributed by atoms with Crippen LogP contribution in [0.5, 0.6) is 0 Å². The van der Waals surface area contributed by atoms with Crippen molar-refractivity contribution in [3.05, 3.63) is 70.7 Å². The lowest BCUT2D eigenvalue weighted by molar-refractivity contribution is 0.0697. The first-order valence-corrected chi connectivity index (χ1v) is 12.9. The Balaban J connectivity index is 2.06. The summed E-state index contributed by atoms with van der Waals surface area (Å²) in [5.74, 6) is -0.955. The van der Waals surface area contributed by atoms with Gasteiger partial charge in [0.1, 0.15) is 0 Å². The van der Waals surface area contributed by atoms with E-state index in [1.54, 1.807) is 18.2 Å². The zero-order chi connectivity index (χ0) is 24.0. The van der Waals surface area contributed by atoms with Crippen LogP contribution in [0.2, 0.25) is 0 Å². The molecule has 4 rings (SSSR count). The molecule has 2 heterocycles. The van der Waals surface area contributed by atoms with E-state index < -0.39 is 13.3 Å². The van der Waals surface area contributed by atoms with Gasteiger partial charge < -0.3 is 10.0 Å². The number of para-hydroxylation sites is 1. The van der Waals surface area contributed by atoms with Crippen LogP contribution in [-0.4, -0.2) is 53.9 Å². The molecular formula is C25H32N5O2P. The van der Waals surface area contributed by atoms with Crippen LogP contribution in [0.15, 0.2) is 69.4 Å². The van der Waals surface area contributed by atoms with Crippen LogP contribution in [-0.2, 0) is 5.41 Å². The lowest BCUT2D eigenvalue weighted by Gasteiger charge is -2.39. The molecule has 0 radical (unpaired) electrons. The van der Waals surface area contributed by atoms with Gasteiger partial charge >= 0.3 is 5.97 Å². The molecule has 2 aliphatic heterocycles. The summed E-state index contributed by atoms with van der Waals surface area (Å²) in [6, 6.07) is 15.4. The van der Waals surface area contributed by atoms with Crippen molar-refractivity contribution in [3.8, 4) is 0 Å². The van der Waals surface area contributed by atoms with Crippen LogP contribution < -0.4 is 4.90 Å². The van der Waals surface area contributed by atoms with E-state index in [9.17, 15) is 9.90 Å². The number of carboxylic acid groups (broad SMARTS) is 1. The molecule has 1 atom stereocenters. The highest BCUT2D eigenvalue weighted by atomic mass is 31.2. The first kappa shape index (κ1) is 23.3. The van der Waals surface area contributed by atoms with Gasteiger partial charge in [-0.3, -0.25) is 0 Å². The number of carboxylic acids is 1. The molecule has 2 aliphatic rings. The van der Waals surface area contributed by atoms with Gasteiger partial charge in [0.05, 0.1) is 22.8 Å². The second kappa shape index (κ2) is 8.47. The Morgan fingerprint density at radius 3 is 2.45 bits per heavy atom. The minimum absolute atomic E-state index is 0.227. The van der Waals surface area contributed by atoms with E-state index in [1.807, 2.05) is 24.1 Å². The smallest absolute Gasteiger partial charge is 0.335 e. The minimum atomic E-state index is -2.51. The third-order valence-electron chi connectivity index (χ3n) is 6.66. The summed E-state index contributed by atoms with van der Waals surface area (Å²) in [7, 11) is 1.59. The van der Waals surface area contributed by atoms with Crippen LogP contribution in [0.3, 0.4) is 0 Å². The molecule has 0 aliphatic carbocycles. The number of fused-ring (bicyclic) bond motifs is 1. The van der Waals surface area contributed by atoms with E-state index in [0.717, 1.165) is 18.4 Å². The van der Waals surface area contributed by atoms with Gasteiger partial charge in [-0.25, -0.2) is 19.0 Å². The Bertz CT molecular complexity index is 1210. The summed E-state index contributed by atoms with van der Waals surface area (Å²) >= 11 is 0. The number of hydrogen-bond acceptors (Lipinski definition) is 4. The molecule has 0 fully saturated rings. The van der Waals surface area contributed by atoms with Crippen LogP contribution in [0, 0.1) is 0 Å². The zero-order valence-corrected chi connectivity index (χ0v) is 21.0. The van der Waals surface area contributed by atoms with Gasteiger partial charge in [-0.15, -0.1) is 0 Å². The Morgan fingerprint density at radius 2 is 1.82 bits per heavy atom. The lowest BCUT2D eigenvalue weighted by atomic mass is 9.84. The lowest BCUT2D eigenvalue weighted by Crippen LogP contribution is -2.30. The molecule has 1 N–H and O–H groups in total. The summed E-state index contributed by atoms with van der Waals surface area (Å²) < 4.78 is 9.71. The van der Waals surface area contributed by atoms with Crippen molar-refractivity contribution in [2.45, 2.75) is 33.1 Å². The van der Waals surface area contributed by atoms with Crippen LogP contribution in [0.1, 0.15) is 43.6 Å². The second-order valence-electron chi connectivity index (χ2n) is 8.83. The summed E-state index contributed by atoms with van der Waals surface area (Å²) in [4.78, 5) is 13.9. The van der Waals surface area contributed by atoms with E-state index in [1.165, 1.54) is 16.9 Å². The fourth-order valence-corrected chi connectivity index (χ4v) is 8.80. The molecule has 0 bridgehead atoms. The number of hydrazone groups is 1. The Morgan fingerprint density at radius 1 is 1.12 bits per heavy atom. The largest absolute Gasteiger partial charge is 0.478 e. The Labute approximate surface area is 196 Å². The molecule has 2 aromatic carbocycles. The molecule has 33 heavy (non-hydrogen) atoms. The number of aromatic carboxylic acids is 1. The quantitative estimate of drug-likeness (QED) is 0.552. The van der Waals surface area contributed by atoms with Gasteiger partial charge in [-0.2, -0.15) is 5.10 Å². The predicted molar refractivity (Wildman–Crippen MR) is 136 cm³/mol. The molecule has 0 aromatic heterocycles. The van der Waals surface area contributed by atoms with Gasteiger partial charge in [0.25, 0.3) is 0 Å². The second-order valence-corrected chi connectivity index (χ2v) is 11.8. The van der Waals surface area contributed by atoms with E-state index in [-0.39, 0.29) is 11.0 Å². The van der Waals surface area contributed by atoms with Crippen molar-refractivity contribution in [3.63, 3.8) is 0 Å². The molecule has 2 aromatic rings. The molecule has 174 valence electrons. The van der Waals surface area contributed by atoms with Gasteiger partial charge in [0, 0.05) is 44.0 Å². The summed E-state index contributed by atoms with van der Waals surface area (Å²) in [6.07, 6.45) is 1.97. The highest BCUT2D eigenvalue weighted by molar-refractivity contribution is 7.67. The maximum atomic E-state index is 11.6. The summed E-state index contributed by atoms with van der Waals surface area (Å²) in [6.45, 7) is 10.4. The average molecular weight is 466 g/mol. The van der Waals surface area contributed by atoms with E-state index in [4.69, 9.17) is 9.85 Å². The monoisotopic (exact) mass is 465 g/mol. The van der Waals surface area contributed by atoms with E-state index >= 15 is 0 Å².